The third kappa shape index (κ3) is 3.61. The van der Waals surface area contributed by atoms with Crippen LogP contribution in [0.1, 0.15) is 31.9 Å². The van der Waals surface area contributed by atoms with E-state index < -0.39 is 0 Å². The zero-order chi connectivity index (χ0) is 12.1. The molecule has 16 heavy (non-hydrogen) atoms. The van der Waals surface area contributed by atoms with Crippen molar-refractivity contribution in [3.05, 3.63) is 34.3 Å². The summed E-state index contributed by atoms with van der Waals surface area (Å²) in [6, 6.07) is 7.92. The van der Waals surface area contributed by atoms with Crippen LogP contribution in [0.3, 0.4) is 0 Å². The third-order valence-electron chi connectivity index (χ3n) is 2.56. The highest BCUT2D eigenvalue weighted by atomic mass is 79.9. The van der Waals surface area contributed by atoms with E-state index >= 15 is 0 Å². The average Bonchev–Trinajstić information content (AvgIpc) is 2.26. The van der Waals surface area contributed by atoms with Crippen LogP contribution >= 0.6 is 15.9 Å². The number of halogens is 1. The van der Waals surface area contributed by atoms with E-state index in [0.717, 1.165) is 10.9 Å². The molecule has 0 aromatic heterocycles. The maximum absolute atomic E-state index is 11.0. The topological polar surface area (TPSA) is 55.1 Å². The Balaban J connectivity index is 2.74. The van der Waals surface area contributed by atoms with Crippen molar-refractivity contribution in [2.24, 2.45) is 5.73 Å². The number of nitrogens with one attached hydrogen (secondary N) is 1. The van der Waals surface area contributed by atoms with Crippen molar-refractivity contribution in [3.63, 3.8) is 0 Å². The summed E-state index contributed by atoms with van der Waals surface area (Å²) in [7, 11) is 0. The zero-order valence-electron chi connectivity index (χ0n) is 9.53. The lowest BCUT2D eigenvalue weighted by Crippen LogP contribution is -2.40. The van der Waals surface area contributed by atoms with Gasteiger partial charge in [0, 0.05) is 10.5 Å². The van der Waals surface area contributed by atoms with Crippen molar-refractivity contribution in [1.82, 2.24) is 5.32 Å². The summed E-state index contributed by atoms with van der Waals surface area (Å²) < 4.78 is 1.05. The molecular weight excluding hydrogens is 268 g/mol. The Labute approximate surface area is 105 Å². The fourth-order valence-electron chi connectivity index (χ4n) is 1.53. The standard InChI is InChI=1S/C12H17BrN2O/c1-3-11(15-8(2)12(14)16)9-4-6-10(13)7-5-9/h4-8,11,15H,3H2,1-2H3,(H2,14,16)/t8-,11+/m1/s1. The van der Waals surface area contributed by atoms with Crippen LogP contribution in [0.5, 0.6) is 0 Å². The van der Waals surface area contributed by atoms with Crippen LogP contribution in [-0.4, -0.2) is 11.9 Å². The molecule has 0 saturated carbocycles. The van der Waals surface area contributed by atoms with E-state index in [1.54, 1.807) is 6.92 Å². The molecule has 0 unspecified atom stereocenters. The minimum Gasteiger partial charge on any atom is -0.368 e. The Bertz CT molecular complexity index is 351. The number of nitrogens with two attached hydrogens (primary N) is 1. The highest BCUT2D eigenvalue weighted by molar-refractivity contribution is 9.10. The summed E-state index contributed by atoms with van der Waals surface area (Å²) in [6.07, 6.45) is 0.916. The van der Waals surface area contributed by atoms with Gasteiger partial charge in [-0.2, -0.15) is 0 Å². The van der Waals surface area contributed by atoms with E-state index in [9.17, 15) is 4.79 Å². The van der Waals surface area contributed by atoms with Crippen LogP contribution in [-0.2, 0) is 4.79 Å². The third-order valence-corrected chi connectivity index (χ3v) is 3.09. The molecule has 2 atom stereocenters. The van der Waals surface area contributed by atoms with E-state index in [0.29, 0.717) is 0 Å². The first-order valence-electron chi connectivity index (χ1n) is 5.35. The Morgan fingerprint density at radius 2 is 2.00 bits per heavy atom. The Hall–Kier alpha value is -0.870. The molecule has 3 nitrogen and oxygen atoms in total. The summed E-state index contributed by atoms with van der Waals surface area (Å²) in [4.78, 5) is 11.0. The van der Waals surface area contributed by atoms with Crippen LogP contribution in [0.15, 0.2) is 28.7 Å². The predicted octanol–water partition coefficient (Wildman–Crippen LogP) is 2.36. The molecule has 3 N–H and O–H groups in total. The van der Waals surface area contributed by atoms with E-state index in [2.05, 4.69) is 28.2 Å². The molecule has 0 fully saturated rings. The van der Waals surface area contributed by atoms with E-state index in [-0.39, 0.29) is 18.0 Å². The quantitative estimate of drug-likeness (QED) is 0.872. The highest BCUT2D eigenvalue weighted by Crippen LogP contribution is 2.19. The van der Waals surface area contributed by atoms with Crippen LogP contribution in [0.2, 0.25) is 0 Å². The minimum atomic E-state index is -0.324. The summed E-state index contributed by atoms with van der Waals surface area (Å²) in [5, 5.41) is 3.21. The van der Waals surface area contributed by atoms with Crippen LogP contribution in [0, 0.1) is 0 Å². The number of carbonyl (C=O) groups is 1. The molecule has 1 amide bonds. The van der Waals surface area contributed by atoms with Gasteiger partial charge in [0.2, 0.25) is 5.91 Å². The largest absolute Gasteiger partial charge is 0.368 e. The van der Waals surface area contributed by atoms with Gasteiger partial charge in [0.25, 0.3) is 0 Å². The van der Waals surface area contributed by atoms with Crippen LogP contribution in [0.25, 0.3) is 0 Å². The fraction of sp³-hybridized carbons (Fsp3) is 0.417. The Morgan fingerprint density at radius 3 is 2.44 bits per heavy atom. The van der Waals surface area contributed by atoms with Gasteiger partial charge in [-0.3, -0.25) is 10.1 Å². The predicted molar refractivity (Wildman–Crippen MR) is 69.0 cm³/mol. The maximum Gasteiger partial charge on any atom is 0.234 e. The van der Waals surface area contributed by atoms with Gasteiger partial charge in [0.15, 0.2) is 0 Å². The van der Waals surface area contributed by atoms with E-state index in [4.69, 9.17) is 5.73 Å². The monoisotopic (exact) mass is 284 g/mol. The lowest BCUT2D eigenvalue weighted by atomic mass is 10.0. The first kappa shape index (κ1) is 13.2. The summed E-state index contributed by atoms with van der Waals surface area (Å²) in [5.41, 5.74) is 6.40. The zero-order valence-corrected chi connectivity index (χ0v) is 11.1. The first-order valence-corrected chi connectivity index (χ1v) is 6.14. The molecule has 1 aromatic rings. The number of hydrogen-bond donors (Lipinski definition) is 2. The average molecular weight is 285 g/mol. The van der Waals surface area contributed by atoms with E-state index in [1.807, 2.05) is 24.3 Å². The van der Waals surface area contributed by atoms with Gasteiger partial charge in [0.05, 0.1) is 6.04 Å². The number of hydrogen-bond acceptors (Lipinski definition) is 2. The summed E-state index contributed by atoms with van der Waals surface area (Å²) in [6.45, 7) is 3.86. The molecule has 0 heterocycles. The van der Waals surface area contributed by atoms with Gasteiger partial charge in [-0.05, 0) is 31.0 Å². The molecule has 0 radical (unpaired) electrons. The molecule has 0 aliphatic rings. The maximum atomic E-state index is 11.0. The molecule has 0 spiro atoms. The van der Waals surface area contributed by atoms with Crippen molar-refractivity contribution in [2.75, 3.05) is 0 Å². The summed E-state index contributed by atoms with van der Waals surface area (Å²) in [5.74, 6) is -0.324. The molecule has 0 saturated heterocycles. The Kier molecular flexibility index (Phi) is 4.96. The molecule has 0 aliphatic heterocycles. The fourth-order valence-corrected chi connectivity index (χ4v) is 1.79. The van der Waals surface area contributed by atoms with Crippen LogP contribution in [0.4, 0.5) is 0 Å². The smallest absolute Gasteiger partial charge is 0.234 e. The van der Waals surface area contributed by atoms with Crippen molar-refractivity contribution in [1.29, 1.82) is 0 Å². The van der Waals surface area contributed by atoms with E-state index in [1.165, 1.54) is 5.56 Å². The van der Waals surface area contributed by atoms with Crippen molar-refractivity contribution >= 4 is 21.8 Å². The van der Waals surface area contributed by atoms with Gasteiger partial charge < -0.3 is 5.73 Å². The van der Waals surface area contributed by atoms with Gasteiger partial charge in [-0.25, -0.2) is 0 Å². The molecular formula is C12H17BrN2O. The number of amides is 1. The Morgan fingerprint density at radius 1 is 1.44 bits per heavy atom. The molecule has 1 aromatic carbocycles. The van der Waals surface area contributed by atoms with Gasteiger partial charge in [0.1, 0.15) is 0 Å². The number of benzene rings is 1. The second kappa shape index (κ2) is 6.01. The number of primary amides is 1. The normalized spacial score (nSPS) is 14.4. The lowest BCUT2D eigenvalue weighted by Gasteiger charge is -2.20. The highest BCUT2D eigenvalue weighted by Gasteiger charge is 2.15. The minimum absolute atomic E-state index is 0.163. The van der Waals surface area contributed by atoms with Crippen molar-refractivity contribution in [2.45, 2.75) is 32.4 Å². The SMILES string of the molecule is CC[C@H](N[C@H](C)C(N)=O)c1ccc(Br)cc1. The van der Waals surface area contributed by atoms with Gasteiger partial charge in [-0.1, -0.05) is 35.0 Å². The number of rotatable bonds is 5. The van der Waals surface area contributed by atoms with Gasteiger partial charge >= 0.3 is 0 Å². The molecule has 1 rings (SSSR count). The van der Waals surface area contributed by atoms with Crippen molar-refractivity contribution < 1.29 is 4.79 Å². The second-order valence-electron chi connectivity index (χ2n) is 3.80. The molecule has 4 heteroatoms. The van der Waals surface area contributed by atoms with Gasteiger partial charge in [-0.15, -0.1) is 0 Å². The molecule has 88 valence electrons. The summed E-state index contributed by atoms with van der Waals surface area (Å²) >= 11 is 3.40. The molecule has 0 bridgehead atoms. The lowest BCUT2D eigenvalue weighted by molar-refractivity contribution is -0.119. The number of carbonyl (C=O) groups excluding carboxylic acids is 1. The first-order chi connectivity index (χ1) is 7.54. The van der Waals surface area contributed by atoms with Crippen molar-refractivity contribution in [3.8, 4) is 0 Å². The molecule has 0 aliphatic carbocycles. The second-order valence-corrected chi connectivity index (χ2v) is 4.72. The van der Waals surface area contributed by atoms with Crippen LogP contribution < -0.4 is 11.1 Å².